The Morgan fingerprint density at radius 1 is 1.47 bits per heavy atom. The van der Waals surface area contributed by atoms with Gasteiger partial charge in [-0.1, -0.05) is 11.2 Å². The predicted molar refractivity (Wildman–Crippen MR) is 53.5 cm³/mol. The van der Waals surface area contributed by atoms with Crippen LogP contribution in [0.4, 0.5) is 0 Å². The molecule has 0 N–H and O–H groups in total. The van der Waals surface area contributed by atoms with Gasteiger partial charge >= 0.3 is 5.76 Å². The molecule has 0 aliphatic rings. The summed E-state index contributed by atoms with van der Waals surface area (Å²) in [5, 5.41) is 3.72. The van der Waals surface area contributed by atoms with E-state index in [1.54, 1.807) is 6.20 Å². The van der Waals surface area contributed by atoms with Crippen molar-refractivity contribution in [3.05, 3.63) is 46.5 Å². The summed E-state index contributed by atoms with van der Waals surface area (Å²) in [4.78, 5) is 15.3. The Labute approximate surface area is 86.4 Å². The molecule has 0 aliphatic carbocycles. The molecule has 78 valence electrons. The van der Waals surface area contributed by atoms with Crippen molar-refractivity contribution in [3.63, 3.8) is 0 Å². The molecule has 0 atom stereocenters. The Balaban J connectivity index is 2.29. The minimum atomic E-state index is -0.413. The molecule has 5 heteroatoms. The van der Waals surface area contributed by atoms with Gasteiger partial charge in [0.2, 0.25) is 0 Å². The molecule has 5 nitrogen and oxygen atoms in total. The average molecular weight is 205 g/mol. The minimum Gasteiger partial charge on any atom is -0.296 e. The highest BCUT2D eigenvalue weighted by molar-refractivity contribution is 5.09. The molecule has 0 aliphatic heterocycles. The normalized spacial score (nSPS) is 10.5. The number of rotatable bonds is 3. The van der Waals surface area contributed by atoms with Crippen molar-refractivity contribution in [2.24, 2.45) is 0 Å². The largest absolute Gasteiger partial charge is 0.441 e. The summed E-state index contributed by atoms with van der Waals surface area (Å²) in [6.07, 6.45) is 2.23. The van der Waals surface area contributed by atoms with Crippen LogP contribution >= 0.6 is 0 Å². The van der Waals surface area contributed by atoms with E-state index in [-0.39, 0.29) is 0 Å². The van der Waals surface area contributed by atoms with Crippen LogP contribution in [0.3, 0.4) is 0 Å². The van der Waals surface area contributed by atoms with Crippen molar-refractivity contribution in [2.45, 2.75) is 19.9 Å². The number of pyridine rings is 1. The number of hydrogen-bond acceptors (Lipinski definition) is 4. The summed E-state index contributed by atoms with van der Waals surface area (Å²) in [6.45, 7) is 2.44. The Bertz CT molecular complexity index is 487. The molecule has 2 heterocycles. The fourth-order valence-electron chi connectivity index (χ4n) is 1.40. The highest BCUT2D eigenvalue weighted by Gasteiger charge is 2.09. The van der Waals surface area contributed by atoms with Gasteiger partial charge < -0.3 is 0 Å². The van der Waals surface area contributed by atoms with E-state index in [0.717, 1.165) is 5.69 Å². The fraction of sp³-hybridized carbons (Fsp3) is 0.300. The van der Waals surface area contributed by atoms with Gasteiger partial charge in [-0.15, -0.1) is 0 Å². The fourth-order valence-corrected chi connectivity index (χ4v) is 1.40. The predicted octanol–water partition coefficient (Wildman–Crippen LogP) is 0.842. The van der Waals surface area contributed by atoms with Gasteiger partial charge in [-0.3, -0.25) is 14.1 Å². The maximum absolute atomic E-state index is 11.2. The zero-order valence-corrected chi connectivity index (χ0v) is 8.38. The third kappa shape index (κ3) is 1.96. The first-order valence-corrected chi connectivity index (χ1v) is 4.76. The van der Waals surface area contributed by atoms with Crippen molar-refractivity contribution >= 4 is 0 Å². The van der Waals surface area contributed by atoms with Gasteiger partial charge in [-0.25, -0.2) is 4.79 Å². The molecule has 0 amide bonds. The Morgan fingerprint density at radius 2 is 2.33 bits per heavy atom. The maximum Gasteiger partial charge on any atom is 0.441 e. The van der Waals surface area contributed by atoms with E-state index in [1.807, 2.05) is 25.1 Å². The lowest BCUT2D eigenvalue weighted by Gasteiger charge is -1.99. The lowest BCUT2D eigenvalue weighted by molar-refractivity contribution is 0.374. The van der Waals surface area contributed by atoms with Crippen molar-refractivity contribution in [1.82, 2.24) is 14.7 Å². The second kappa shape index (κ2) is 4.08. The topological polar surface area (TPSA) is 60.9 Å². The minimum absolute atomic E-state index is 0.413. The Morgan fingerprint density at radius 3 is 3.00 bits per heavy atom. The number of aromatic nitrogens is 3. The molecule has 2 aromatic heterocycles. The number of hydrogen-bond donors (Lipinski definition) is 0. The van der Waals surface area contributed by atoms with E-state index in [4.69, 9.17) is 0 Å². The Hall–Kier alpha value is -1.91. The molecule has 2 rings (SSSR count). The first-order chi connectivity index (χ1) is 7.31. The smallest absolute Gasteiger partial charge is 0.296 e. The van der Waals surface area contributed by atoms with Crippen LogP contribution in [-0.4, -0.2) is 14.7 Å². The van der Waals surface area contributed by atoms with Crippen molar-refractivity contribution in [3.8, 4) is 0 Å². The third-order valence-corrected chi connectivity index (χ3v) is 2.14. The summed E-state index contributed by atoms with van der Waals surface area (Å²) in [6, 6.07) is 5.63. The molecule has 2 aromatic rings. The third-order valence-electron chi connectivity index (χ3n) is 2.14. The summed E-state index contributed by atoms with van der Waals surface area (Å²) in [5.74, 6) is 0.199. The van der Waals surface area contributed by atoms with E-state index >= 15 is 0 Å². The molecule has 0 aromatic carbocycles. The lowest BCUT2D eigenvalue weighted by Crippen LogP contribution is -2.16. The summed E-state index contributed by atoms with van der Waals surface area (Å²) in [7, 11) is 0. The van der Waals surface area contributed by atoms with Gasteiger partial charge in [0.25, 0.3) is 0 Å². The highest BCUT2D eigenvalue weighted by atomic mass is 16.5. The van der Waals surface area contributed by atoms with Crippen LogP contribution in [-0.2, 0) is 13.0 Å². The van der Waals surface area contributed by atoms with Gasteiger partial charge in [0.1, 0.15) is 0 Å². The first-order valence-electron chi connectivity index (χ1n) is 4.76. The summed E-state index contributed by atoms with van der Waals surface area (Å²) >= 11 is 0. The van der Waals surface area contributed by atoms with E-state index < -0.39 is 5.76 Å². The van der Waals surface area contributed by atoms with Crippen molar-refractivity contribution in [2.75, 3.05) is 0 Å². The second-order valence-electron chi connectivity index (χ2n) is 3.11. The zero-order chi connectivity index (χ0) is 10.7. The van der Waals surface area contributed by atoms with Gasteiger partial charge in [0.15, 0.2) is 5.82 Å². The van der Waals surface area contributed by atoms with E-state index in [0.29, 0.717) is 18.8 Å². The van der Waals surface area contributed by atoms with Crippen LogP contribution in [0.25, 0.3) is 0 Å². The van der Waals surface area contributed by atoms with Crippen LogP contribution in [0.1, 0.15) is 18.4 Å². The summed E-state index contributed by atoms with van der Waals surface area (Å²) in [5.41, 5.74) is 0.869. The highest BCUT2D eigenvalue weighted by Crippen LogP contribution is 2.02. The molecular formula is C10H11N3O2. The van der Waals surface area contributed by atoms with Gasteiger partial charge in [-0.2, -0.15) is 0 Å². The molecule has 0 fully saturated rings. The molecular weight excluding hydrogens is 194 g/mol. The molecule has 0 saturated heterocycles. The van der Waals surface area contributed by atoms with Gasteiger partial charge in [0.05, 0.1) is 6.42 Å². The van der Waals surface area contributed by atoms with Crippen molar-refractivity contribution in [1.29, 1.82) is 0 Å². The van der Waals surface area contributed by atoms with Crippen LogP contribution < -0.4 is 5.76 Å². The molecule has 0 radical (unpaired) electrons. The molecule has 0 unspecified atom stereocenters. The van der Waals surface area contributed by atoms with Crippen LogP contribution in [0.15, 0.2) is 33.7 Å². The van der Waals surface area contributed by atoms with Gasteiger partial charge in [-0.05, 0) is 19.1 Å². The van der Waals surface area contributed by atoms with Crippen LogP contribution in [0.5, 0.6) is 0 Å². The maximum atomic E-state index is 11.2. The van der Waals surface area contributed by atoms with Crippen molar-refractivity contribution < 1.29 is 4.52 Å². The molecule has 0 spiro atoms. The SMILES string of the molecule is CCn1c(Cc2ccccn2)noc1=O. The van der Waals surface area contributed by atoms with Crippen LogP contribution in [0.2, 0.25) is 0 Å². The van der Waals surface area contributed by atoms with E-state index in [2.05, 4.69) is 14.7 Å². The molecule has 0 saturated carbocycles. The zero-order valence-electron chi connectivity index (χ0n) is 8.38. The average Bonchev–Trinajstić information content (AvgIpc) is 2.61. The monoisotopic (exact) mass is 205 g/mol. The van der Waals surface area contributed by atoms with E-state index in [9.17, 15) is 4.79 Å². The van der Waals surface area contributed by atoms with E-state index in [1.165, 1.54) is 4.57 Å². The summed E-state index contributed by atoms with van der Waals surface area (Å²) < 4.78 is 6.08. The second-order valence-corrected chi connectivity index (χ2v) is 3.11. The quantitative estimate of drug-likeness (QED) is 0.745. The number of nitrogens with zero attached hydrogens (tertiary/aromatic N) is 3. The molecule has 15 heavy (non-hydrogen) atoms. The Kier molecular flexibility index (Phi) is 2.62. The standard InChI is InChI=1S/C10H11N3O2/c1-2-13-9(12-15-10(13)14)7-8-5-3-4-6-11-8/h3-6H,2,7H2,1H3. The first kappa shape index (κ1) is 9.64. The lowest BCUT2D eigenvalue weighted by atomic mass is 10.2. The molecule has 0 bridgehead atoms. The van der Waals surface area contributed by atoms with Crippen LogP contribution in [0, 0.1) is 0 Å². The van der Waals surface area contributed by atoms with Gasteiger partial charge in [0, 0.05) is 18.4 Å².